The average molecular weight is 455 g/mol. The van der Waals surface area contributed by atoms with E-state index in [0.717, 1.165) is 37.7 Å². The minimum atomic E-state index is -4.51. The highest BCUT2D eigenvalue weighted by atomic mass is 32.2. The Kier molecular flexibility index (Phi) is 6.11. The van der Waals surface area contributed by atoms with Crippen LogP contribution in [0.4, 0.5) is 24.7 Å². The lowest BCUT2D eigenvalue weighted by molar-refractivity contribution is -0.137. The molecule has 0 N–H and O–H groups in total. The Hall–Kier alpha value is -2.33. The lowest BCUT2D eigenvalue weighted by Crippen LogP contribution is -2.49. The zero-order valence-corrected chi connectivity index (χ0v) is 17.9. The summed E-state index contributed by atoms with van der Waals surface area (Å²) in [5.74, 6) is -0.155. The summed E-state index contributed by atoms with van der Waals surface area (Å²) in [7, 11) is -3.71. The van der Waals surface area contributed by atoms with Gasteiger partial charge in [-0.3, -0.25) is 0 Å². The van der Waals surface area contributed by atoms with E-state index in [-0.39, 0.29) is 36.9 Å². The van der Waals surface area contributed by atoms with E-state index in [0.29, 0.717) is 0 Å². The number of piperazine rings is 1. The summed E-state index contributed by atoms with van der Waals surface area (Å²) >= 11 is 0. The van der Waals surface area contributed by atoms with Gasteiger partial charge in [0.05, 0.1) is 10.5 Å². The van der Waals surface area contributed by atoms with E-state index in [1.807, 2.05) is 12.1 Å². The monoisotopic (exact) mass is 454 g/mol. The third kappa shape index (κ3) is 4.64. The van der Waals surface area contributed by atoms with Crippen LogP contribution in [0.15, 0.2) is 47.5 Å². The van der Waals surface area contributed by atoms with E-state index in [9.17, 15) is 21.6 Å². The molecule has 0 unspecified atom stereocenters. The quantitative estimate of drug-likeness (QED) is 0.707. The van der Waals surface area contributed by atoms with Crippen molar-refractivity contribution in [3.63, 3.8) is 0 Å². The van der Waals surface area contributed by atoms with Gasteiger partial charge in [0.25, 0.3) is 0 Å². The lowest BCUT2D eigenvalue weighted by Gasteiger charge is -2.35. The summed E-state index contributed by atoms with van der Waals surface area (Å²) in [4.78, 5) is 7.85. The molecule has 1 aromatic heterocycles. The molecule has 2 aliphatic rings. The Morgan fingerprint density at radius 2 is 1.45 bits per heavy atom. The molecule has 0 bridgehead atoms. The molecule has 0 amide bonds. The number of benzene rings is 1. The molecular weight excluding hydrogens is 429 g/mol. The van der Waals surface area contributed by atoms with Gasteiger partial charge in [0, 0.05) is 51.2 Å². The summed E-state index contributed by atoms with van der Waals surface area (Å²) in [5, 5.41) is 0. The Bertz CT molecular complexity index is 998. The molecule has 168 valence electrons. The molecular formula is C21H25F3N4O2S. The molecule has 4 rings (SSSR count). The second-order valence-electron chi connectivity index (χ2n) is 7.81. The van der Waals surface area contributed by atoms with Crippen LogP contribution in [0.5, 0.6) is 0 Å². The summed E-state index contributed by atoms with van der Waals surface area (Å²) in [6.45, 7) is 2.44. The van der Waals surface area contributed by atoms with Crippen molar-refractivity contribution in [1.29, 1.82) is 0 Å². The maximum Gasteiger partial charge on any atom is 0.419 e. The molecule has 1 aromatic carbocycles. The standard InChI is InChI=1S/C21H25F3N4O2S/c22-21(23,24)19-5-4-10-25-20(19)27-13-15-28(16-14-27)31(29,30)18-8-6-17(7-9-18)26-11-2-1-3-12-26/h4-10H,1-3,11-16H2. The number of hydrogen-bond acceptors (Lipinski definition) is 5. The Balaban J connectivity index is 1.45. The van der Waals surface area contributed by atoms with Crippen LogP contribution in [-0.2, 0) is 16.2 Å². The van der Waals surface area contributed by atoms with E-state index in [1.54, 1.807) is 12.1 Å². The van der Waals surface area contributed by atoms with Crippen LogP contribution in [-0.4, -0.2) is 57.0 Å². The second-order valence-corrected chi connectivity index (χ2v) is 9.74. The van der Waals surface area contributed by atoms with Crippen molar-refractivity contribution in [1.82, 2.24) is 9.29 Å². The summed E-state index contributed by atoms with van der Waals surface area (Å²) < 4.78 is 67.3. The van der Waals surface area contributed by atoms with Gasteiger partial charge in [-0.15, -0.1) is 0 Å². The Morgan fingerprint density at radius 3 is 2.06 bits per heavy atom. The van der Waals surface area contributed by atoms with E-state index in [2.05, 4.69) is 9.88 Å². The number of anilines is 2. The maximum atomic E-state index is 13.3. The number of aromatic nitrogens is 1. The number of rotatable bonds is 4. The van der Waals surface area contributed by atoms with Gasteiger partial charge in [-0.25, -0.2) is 13.4 Å². The van der Waals surface area contributed by atoms with Crippen molar-refractivity contribution in [2.45, 2.75) is 30.3 Å². The van der Waals surface area contributed by atoms with E-state index in [4.69, 9.17) is 0 Å². The number of piperidine rings is 1. The van der Waals surface area contributed by atoms with Gasteiger partial charge >= 0.3 is 6.18 Å². The fourth-order valence-corrected chi connectivity index (χ4v) is 5.56. The predicted octanol–water partition coefficient (Wildman–Crippen LogP) is 3.60. The van der Waals surface area contributed by atoms with E-state index in [1.165, 1.54) is 27.9 Å². The van der Waals surface area contributed by atoms with Crippen LogP contribution >= 0.6 is 0 Å². The fraction of sp³-hybridized carbons (Fsp3) is 0.476. The van der Waals surface area contributed by atoms with Gasteiger partial charge in [-0.1, -0.05) is 0 Å². The van der Waals surface area contributed by atoms with Gasteiger partial charge in [-0.2, -0.15) is 17.5 Å². The van der Waals surface area contributed by atoms with Crippen molar-refractivity contribution in [3.8, 4) is 0 Å². The largest absolute Gasteiger partial charge is 0.419 e. The molecule has 2 aromatic rings. The highest BCUT2D eigenvalue weighted by molar-refractivity contribution is 7.89. The second kappa shape index (κ2) is 8.66. The molecule has 6 nitrogen and oxygen atoms in total. The molecule has 0 aliphatic carbocycles. The molecule has 0 spiro atoms. The van der Waals surface area contributed by atoms with Crippen LogP contribution in [0, 0.1) is 0 Å². The number of halogens is 3. The molecule has 10 heteroatoms. The molecule has 2 fully saturated rings. The third-order valence-electron chi connectivity index (χ3n) is 5.83. The molecule has 3 heterocycles. The van der Waals surface area contributed by atoms with Crippen molar-refractivity contribution >= 4 is 21.5 Å². The first-order valence-corrected chi connectivity index (χ1v) is 11.8. The molecule has 0 saturated carbocycles. The number of nitrogens with zero attached hydrogens (tertiary/aromatic N) is 4. The van der Waals surface area contributed by atoms with Gasteiger partial charge in [0.2, 0.25) is 10.0 Å². The van der Waals surface area contributed by atoms with Crippen LogP contribution in [0.25, 0.3) is 0 Å². The van der Waals surface area contributed by atoms with Crippen LogP contribution < -0.4 is 9.80 Å². The maximum absolute atomic E-state index is 13.3. The van der Waals surface area contributed by atoms with Crippen LogP contribution in [0.1, 0.15) is 24.8 Å². The number of pyridine rings is 1. The summed E-state index contributed by atoms with van der Waals surface area (Å²) in [5.41, 5.74) is 0.206. The highest BCUT2D eigenvalue weighted by Gasteiger charge is 2.37. The molecule has 0 atom stereocenters. The van der Waals surface area contributed by atoms with Crippen LogP contribution in [0.3, 0.4) is 0 Å². The van der Waals surface area contributed by atoms with E-state index < -0.39 is 21.8 Å². The normalized spacial score (nSPS) is 18.9. The first-order chi connectivity index (χ1) is 14.8. The summed E-state index contributed by atoms with van der Waals surface area (Å²) in [6, 6.07) is 9.14. The highest BCUT2D eigenvalue weighted by Crippen LogP contribution is 2.35. The first-order valence-electron chi connectivity index (χ1n) is 10.4. The molecule has 31 heavy (non-hydrogen) atoms. The number of hydrogen-bond donors (Lipinski definition) is 0. The van der Waals surface area contributed by atoms with Crippen molar-refractivity contribution in [3.05, 3.63) is 48.2 Å². The van der Waals surface area contributed by atoms with Gasteiger partial charge < -0.3 is 9.80 Å². The van der Waals surface area contributed by atoms with Crippen molar-refractivity contribution in [2.75, 3.05) is 49.1 Å². The first kappa shape index (κ1) is 21.9. The van der Waals surface area contributed by atoms with Crippen molar-refractivity contribution < 1.29 is 21.6 Å². The third-order valence-corrected chi connectivity index (χ3v) is 7.74. The zero-order chi connectivity index (χ0) is 22.1. The minimum absolute atomic E-state index is 0.101. The topological polar surface area (TPSA) is 56.8 Å². The number of alkyl halides is 3. The Morgan fingerprint density at radius 1 is 0.806 bits per heavy atom. The predicted molar refractivity (Wildman–Crippen MR) is 113 cm³/mol. The molecule has 0 radical (unpaired) electrons. The van der Waals surface area contributed by atoms with Gasteiger partial charge in [0.1, 0.15) is 5.82 Å². The Labute approximate surface area is 180 Å². The fourth-order valence-electron chi connectivity index (χ4n) is 4.14. The zero-order valence-electron chi connectivity index (χ0n) is 17.1. The van der Waals surface area contributed by atoms with Crippen LogP contribution in [0.2, 0.25) is 0 Å². The van der Waals surface area contributed by atoms with Crippen molar-refractivity contribution in [2.24, 2.45) is 0 Å². The minimum Gasteiger partial charge on any atom is -0.372 e. The summed E-state index contributed by atoms with van der Waals surface area (Å²) in [6.07, 6.45) is 0.297. The molecule has 2 aliphatic heterocycles. The average Bonchev–Trinajstić information content (AvgIpc) is 2.79. The smallest absolute Gasteiger partial charge is 0.372 e. The van der Waals surface area contributed by atoms with Gasteiger partial charge in [0.15, 0.2) is 0 Å². The SMILES string of the molecule is O=S(=O)(c1ccc(N2CCCCC2)cc1)N1CCN(c2ncccc2C(F)(F)F)CC1. The van der Waals surface area contributed by atoms with Gasteiger partial charge in [-0.05, 0) is 55.7 Å². The molecule has 2 saturated heterocycles. The van der Waals surface area contributed by atoms with E-state index >= 15 is 0 Å². The number of sulfonamides is 1. The lowest BCUT2D eigenvalue weighted by atomic mass is 10.1.